The van der Waals surface area contributed by atoms with Crippen LogP contribution in [0.5, 0.6) is 17.2 Å². The van der Waals surface area contributed by atoms with Crippen molar-refractivity contribution in [2.24, 2.45) is 0 Å². The van der Waals surface area contributed by atoms with Gasteiger partial charge in [-0.2, -0.15) is 0 Å². The lowest BCUT2D eigenvalue weighted by atomic mass is 10.2. The number of hydrogen-bond acceptors (Lipinski definition) is 4. The number of amides is 1. The second-order valence-corrected chi connectivity index (χ2v) is 6.30. The maximum Gasteiger partial charge on any atom is 0.262 e. The number of carbonyl (C=O) groups excluding carboxylic acids is 1. The van der Waals surface area contributed by atoms with Gasteiger partial charge in [-0.1, -0.05) is 23.2 Å². The quantitative estimate of drug-likeness (QED) is 0.709. The van der Waals surface area contributed by atoms with Crippen LogP contribution in [0, 0.1) is 0 Å². The van der Waals surface area contributed by atoms with Crippen LogP contribution >= 0.6 is 39.1 Å². The van der Waals surface area contributed by atoms with Gasteiger partial charge in [0.15, 0.2) is 6.61 Å². The molecule has 0 saturated carbocycles. The Kier molecular flexibility index (Phi) is 6.60. The van der Waals surface area contributed by atoms with Gasteiger partial charge in [0.2, 0.25) is 0 Å². The smallest absolute Gasteiger partial charge is 0.262 e. The number of methoxy groups -OCH3 is 2. The standard InChI is InChI=1S/C16H14BrCl2NO4/c1-22-13-7-12(15(23-2)6-10(13)17)20-16(21)8-24-14-5-9(18)3-4-11(14)19/h3-7H,8H2,1-2H3,(H,20,21). The van der Waals surface area contributed by atoms with Crippen molar-refractivity contribution < 1.29 is 19.0 Å². The van der Waals surface area contributed by atoms with Crippen LogP contribution < -0.4 is 19.5 Å². The molecule has 0 aliphatic heterocycles. The molecule has 2 aromatic rings. The summed E-state index contributed by atoms with van der Waals surface area (Å²) in [5.74, 6) is 0.995. The molecular formula is C16H14BrCl2NO4. The number of halogens is 3. The van der Waals surface area contributed by atoms with E-state index in [1.54, 1.807) is 30.3 Å². The fraction of sp³-hybridized carbons (Fsp3) is 0.188. The highest BCUT2D eigenvalue weighted by atomic mass is 79.9. The molecule has 0 saturated heterocycles. The summed E-state index contributed by atoms with van der Waals surface area (Å²) >= 11 is 15.2. The Morgan fingerprint density at radius 2 is 1.79 bits per heavy atom. The summed E-state index contributed by atoms with van der Waals surface area (Å²) in [6.07, 6.45) is 0. The molecule has 0 atom stereocenters. The second kappa shape index (κ2) is 8.46. The number of rotatable bonds is 6. The second-order valence-electron chi connectivity index (χ2n) is 4.60. The van der Waals surface area contributed by atoms with Crippen molar-refractivity contribution in [3.05, 3.63) is 44.8 Å². The number of benzene rings is 2. The number of anilines is 1. The SMILES string of the molecule is COc1cc(NC(=O)COc2cc(Cl)ccc2Cl)c(OC)cc1Br. The van der Waals surface area contributed by atoms with E-state index in [0.29, 0.717) is 37.5 Å². The molecule has 0 unspecified atom stereocenters. The molecule has 0 fully saturated rings. The lowest BCUT2D eigenvalue weighted by molar-refractivity contribution is -0.118. The molecule has 0 radical (unpaired) electrons. The van der Waals surface area contributed by atoms with E-state index >= 15 is 0 Å². The molecule has 0 aromatic heterocycles. The first kappa shape index (κ1) is 18.7. The summed E-state index contributed by atoms with van der Waals surface area (Å²) in [5.41, 5.74) is 0.461. The first-order valence-electron chi connectivity index (χ1n) is 6.73. The van der Waals surface area contributed by atoms with E-state index in [-0.39, 0.29) is 12.5 Å². The normalized spacial score (nSPS) is 10.2. The Balaban J connectivity index is 2.08. The minimum atomic E-state index is -0.381. The van der Waals surface area contributed by atoms with Gasteiger partial charge < -0.3 is 19.5 Å². The number of ether oxygens (including phenoxy) is 3. The largest absolute Gasteiger partial charge is 0.495 e. The van der Waals surface area contributed by atoms with Crippen LogP contribution in [0.25, 0.3) is 0 Å². The van der Waals surface area contributed by atoms with Crippen LogP contribution in [0.2, 0.25) is 10.0 Å². The Bertz CT molecular complexity index is 755. The summed E-state index contributed by atoms with van der Waals surface area (Å²) in [4.78, 5) is 12.1. The third kappa shape index (κ3) is 4.69. The van der Waals surface area contributed by atoms with Gasteiger partial charge in [0, 0.05) is 23.2 Å². The van der Waals surface area contributed by atoms with Gasteiger partial charge in [0.25, 0.3) is 5.91 Å². The Morgan fingerprint density at radius 1 is 1.08 bits per heavy atom. The van der Waals surface area contributed by atoms with E-state index in [2.05, 4.69) is 21.2 Å². The fourth-order valence-corrected chi connectivity index (χ4v) is 2.69. The van der Waals surface area contributed by atoms with E-state index in [1.807, 2.05) is 0 Å². The first-order valence-corrected chi connectivity index (χ1v) is 8.28. The van der Waals surface area contributed by atoms with Crippen molar-refractivity contribution in [3.63, 3.8) is 0 Å². The molecule has 24 heavy (non-hydrogen) atoms. The molecule has 0 bridgehead atoms. The van der Waals surface area contributed by atoms with Crippen LogP contribution in [-0.4, -0.2) is 26.7 Å². The van der Waals surface area contributed by atoms with Gasteiger partial charge >= 0.3 is 0 Å². The highest BCUT2D eigenvalue weighted by Gasteiger charge is 2.13. The summed E-state index contributed by atoms with van der Waals surface area (Å²) in [5, 5.41) is 3.54. The maximum atomic E-state index is 12.1. The highest BCUT2D eigenvalue weighted by Crippen LogP contribution is 2.36. The number of hydrogen-bond donors (Lipinski definition) is 1. The summed E-state index contributed by atoms with van der Waals surface area (Å²) in [6, 6.07) is 8.12. The third-order valence-electron chi connectivity index (χ3n) is 3.00. The molecule has 0 aliphatic carbocycles. The van der Waals surface area contributed by atoms with Crippen LogP contribution in [0.3, 0.4) is 0 Å². The lowest BCUT2D eigenvalue weighted by Gasteiger charge is -2.14. The average Bonchev–Trinajstić information content (AvgIpc) is 2.56. The Hall–Kier alpha value is -1.63. The Morgan fingerprint density at radius 3 is 2.46 bits per heavy atom. The van der Waals surface area contributed by atoms with E-state index < -0.39 is 0 Å². The van der Waals surface area contributed by atoms with Crippen molar-refractivity contribution >= 4 is 50.7 Å². The van der Waals surface area contributed by atoms with Gasteiger partial charge in [-0.15, -0.1) is 0 Å². The summed E-state index contributed by atoms with van der Waals surface area (Å²) < 4.78 is 16.6. The van der Waals surface area contributed by atoms with Crippen molar-refractivity contribution in [2.45, 2.75) is 0 Å². The minimum absolute atomic E-state index is 0.235. The van der Waals surface area contributed by atoms with E-state index in [4.69, 9.17) is 37.4 Å². The van der Waals surface area contributed by atoms with Gasteiger partial charge in [-0.25, -0.2) is 0 Å². The lowest BCUT2D eigenvalue weighted by Crippen LogP contribution is -2.20. The molecular weight excluding hydrogens is 421 g/mol. The molecule has 8 heteroatoms. The van der Waals surface area contributed by atoms with Gasteiger partial charge in [-0.3, -0.25) is 4.79 Å². The van der Waals surface area contributed by atoms with Crippen LogP contribution in [-0.2, 0) is 4.79 Å². The maximum absolute atomic E-state index is 12.1. The molecule has 1 amide bonds. The topological polar surface area (TPSA) is 56.8 Å². The van der Waals surface area contributed by atoms with Crippen molar-refractivity contribution in [3.8, 4) is 17.2 Å². The number of carbonyl (C=O) groups is 1. The van der Waals surface area contributed by atoms with Crippen molar-refractivity contribution in [2.75, 3.05) is 26.1 Å². The molecule has 0 heterocycles. The van der Waals surface area contributed by atoms with E-state index in [9.17, 15) is 4.79 Å². The van der Waals surface area contributed by atoms with Gasteiger partial charge in [0.1, 0.15) is 17.2 Å². The predicted octanol–water partition coefficient (Wildman–Crippen LogP) is 4.79. The fourth-order valence-electron chi connectivity index (χ4n) is 1.88. The molecule has 1 N–H and O–H groups in total. The zero-order chi connectivity index (χ0) is 17.7. The molecule has 2 rings (SSSR count). The van der Waals surface area contributed by atoms with E-state index in [1.165, 1.54) is 14.2 Å². The zero-order valence-electron chi connectivity index (χ0n) is 12.9. The summed E-state index contributed by atoms with van der Waals surface area (Å²) in [6.45, 7) is -0.235. The van der Waals surface area contributed by atoms with Gasteiger partial charge in [-0.05, 0) is 28.1 Å². The van der Waals surface area contributed by atoms with Gasteiger partial charge in [0.05, 0.1) is 29.4 Å². The predicted molar refractivity (Wildman–Crippen MR) is 97.8 cm³/mol. The molecule has 5 nitrogen and oxygen atoms in total. The molecule has 2 aromatic carbocycles. The van der Waals surface area contributed by atoms with E-state index in [0.717, 1.165) is 0 Å². The third-order valence-corrected chi connectivity index (χ3v) is 4.17. The average molecular weight is 435 g/mol. The number of nitrogens with one attached hydrogen (secondary N) is 1. The van der Waals surface area contributed by atoms with Crippen LogP contribution in [0.15, 0.2) is 34.8 Å². The minimum Gasteiger partial charge on any atom is -0.495 e. The highest BCUT2D eigenvalue weighted by molar-refractivity contribution is 9.10. The zero-order valence-corrected chi connectivity index (χ0v) is 16.0. The van der Waals surface area contributed by atoms with Crippen molar-refractivity contribution in [1.82, 2.24) is 0 Å². The molecule has 0 aliphatic rings. The molecule has 128 valence electrons. The van der Waals surface area contributed by atoms with Crippen LogP contribution in [0.4, 0.5) is 5.69 Å². The van der Waals surface area contributed by atoms with Crippen LogP contribution in [0.1, 0.15) is 0 Å². The summed E-state index contributed by atoms with van der Waals surface area (Å²) in [7, 11) is 3.04. The Labute approximate surface area is 157 Å². The first-order chi connectivity index (χ1) is 11.4. The monoisotopic (exact) mass is 433 g/mol. The molecule has 0 spiro atoms. The van der Waals surface area contributed by atoms with Crippen molar-refractivity contribution in [1.29, 1.82) is 0 Å².